The van der Waals surface area contributed by atoms with Gasteiger partial charge in [0.2, 0.25) is 5.91 Å². The summed E-state index contributed by atoms with van der Waals surface area (Å²) in [5.74, 6) is 0.211. The molecule has 0 spiro atoms. The number of urea groups is 1. The van der Waals surface area contributed by atoms with Crippen LogP contribution in [0.1, 0.15) is 11.5 Å². The maximum atomic E-state index is 12.5. The lowest BCUT2D eigenvalue weighted by Gasteiger charge is -2.10. The number of benzene rings is 1. The molecule has 1 fully saturated rings. The molecule has 3 rings (SSSR count). The lowest BCUT2D eigenvalue weighted by molar-refractivity contribution is -0.118. The van der Waals surface area contributed by atoms with E-state index >= 15 is 0 Å². The van der Waals surface area contributed by atoms with E-state index in [1.54, 1.807) is 12.1 Å². The molecular weight excluding hydrogens is 410 g/mol. The van der Waals surface area contributed by atoms with Crippen LogP contribution in [0.5, 0.6) is 5.75 Å². The van der Waals surface area contributed by atoms with E-state index in [0.29, 0.717) is 11.5 Å². The van der Waals surface area contributed by atoms with Crippen LogP contribution in [0.15, 0.2) is 45.7 Å². The smallest absolute Gasteiger partial charge is 0.324 e. The molecule has 0 bridgehead atoms. The topological polar surface area (TPSA) is 106 Å². The lowest BCUT2D eigenvalue weighted by atomic mass is 10.3. The Morgan fingerprint density at radius 3 is 2.62 bits per heavy atom. The highest BCUT2D eigenvalue weighted by molar-refractivity contribution is 7.91. The lowest BCUT2D eigenvalue weighted by Crippen LogP contribution is -2.27. The fraction of sp³-hybridized carbons (Fsp3) is 0.333. The zero-order valence-electron chi connectivity index (χ0n) is 15.1. The number of ether oxygens (including phenoxy) is 1. The van der Waals surface area contributed by atoms with Crippen LogP contribution in [-0.4, -0.2) is 50.6 Å². The molecule has 11 heteroatoms. The van der Waals surface area contributed by atoms with Gasteiger partial charge in [-0.1, -0.05) is 6.07 Å². The van der Waals surface area contributed by atoms with Gasteiger partial charge in [-0.15, -0.1) is 0 Å². The summed E-state index contributed by atoms with van der Waals surface area (Å²) < 4.78 is 59.9. The second kappa shape index (κ2) is 8.60. The number of alkyl halides is 2. The van der Waals surface area contributed by atoms with Crippen molar-refractivity contribution < 1.29 is 35.9 Å². The minimum absolute atomic E-state index is 0.0386. The molecule has 0 unspecified atom stereocenters. The molecule has 1 aliphatic heterocycles. The Kier molecular flexibility index (Phi) is 6.16. The van der Waals surface area contributed by atoms with Gasteiger partial charge in [-0.25, -0.2) is 22.0 Å². The monoisotopic (exact) mass is 428 g/mol. The van der Waals surface area contributed by atoms with Crippen molar-refractivity contribution in [2.45, 2.75) is 24.3 Å². The highest BCUT2D eigenvalue weighted by Crippen LogP contribution is 2.21. The summed E-state index contributed by atoms with van der Waals surface area (Å²) in [4.78, 5) is 24.0. The highest BCUT2D eigenvalue weighted by Gasteiger charge is 2.27. The summed E-state index contributed by atoms with van der Waals surface area (Å²) in [5, 5.41) is 2.15. The number of aryl methyl sites for hydroxylation is 1. The molecule has 2 heterocycles. The minimum Gasteiger partial charge on any atom is -0.488 e. The van der Waals surface area contributed by atoms with E-state index in [1.807, 2.05) is 0 Å². The average molecular weight is 428 g/mol. The van der Waals surface area contributed by atoms with Crippen LogP contribution in [0, 0.1) is 0 Å². The molecule has 0 radical (unpaired) electrons. The number of nitrogens with one attached hydrogen (secondary N) is 1. The Balaban J connectivity index is 1.59. The van der Waals surface area contributed by atoms with E-state index in [2.05, 4.69) is 5.32 Å². The van der Waals surface area contributed by atoms with Crippen molar-refractivity contribution in [2.24, 2.45) is 0 Å². The highest BCUT2D eigenvalue weighted by atomic mass is 32.2. The normalized spacial score (nSPS) is 14.5. The van der Waals surface area contributed by atoms with Gasteiger partial charge >= 0.3 is 6.03 Å². The van der Waals surface area contributed by atoms with Crippen molar-refractivity contribution in [2.75, 3.05) is 18.9 Å². The number of rotatable bonds is 9. The summed E-state index contributed by atoms with van der Waals surface area (Å²) in [6.45, 7) is -0.791. The summed E-state index contributed by atoms with van der Waals surface area (Å²) in [6, 6.07) is 8.08. The minimum atomic E-state index is -3.70. The number of halogens is 2. The molecular formula is C18H18F2N2O6S. The molecule has 2 aromatic rings. The van der Waals surface area contributed by atoms with Crippen LogP contribution in [0.3, 0.4) is 0 Å². The average Bonchev–Trinajstić information content (AvgIpc) is 3.24. The molecule has 29 heavy (non-hydrogen) atoms. The maximum absolute atomic E-state index is 12.5. The van der Waals surface area contributed by atoms with E-state index in [1.165, 1.54) is 29.2 Å². The Hall–Kier alpha value is -2.95. The van der Waals surface area contributed by atoms with E-state index in [-0.39, 0.29) is 35.9 Å². The van der Waals surface area contributed by atoms with E-state index in [0.717, 1.165) is 0 Å². The number of amides is 3. The van der Waals surface area contributed by atoms with Crippen molar-refractivity contribution in [3.63, 3.8) is 0 Å². The number of nitrogens with zero attached hydrogens (tertiary/aromatic N) is 1. The van der Waals surface area contributed by atoms with E-state index in [9.17, 15) is 26.8 Å². The first-order chi connectivity index (χ1) is 13.7. The van der Waals surface area contributed by atoms with Crippen molar-refractivity contribution in [1.82, 2.24) is 10.2 Å². The largest absolute Gasteiger partial charge is 0.488 e. The summed E-state index contributed by atoms with van der Waals surface area (Å²) >= 11 is 0. The fourth-order valence-corrected chi connectivity index (χ4v) is 4.00. The molecule has 1 saturated heterocycles. The van der Waals surface area contributed by atoms with Crippen LogP contribution in [-0.2, 0) is 27.6 Å². The SMILES string of the molecule is O=C1CN(Cc2ccc(CCS(=O)(=O)c3cccc(OCC(F)F)c3)o2)C(=O)N1. The van der Waals surface area contributed by atoms with Crippen LogP contribution >= 0.6 is 0 Å². The molecule has 0 aliphatic carbocycles. The molecule has 8 nitrogen and oxygen atoms in total. The number of hydrogen-bond acceptors (Lipinski definition) is 6. The van der Waals surface area contributed by atoms with Gasteiger partial charge in [-0.3, -0.25) is 10.1 Å². The van der Waals surface area contributed by atoms with Crippen molar-refractivity contribution in [3.8, 4) is 5.75 Å². The predicted octanol–water partition coefficient (Wildman–Crippen LogP) is 1.99. The van der Waals surface area contributed by atoms with Gasteiger partial charge in [-0.05, 0) is 30.3 Å². The number of imide groups is 1. The van der Waals surface area contributed by atoms with Gasteiger partial charge in [0.15, 0.2) is 9.84 Å². The molecule has 0 atom stereocenters. The quantitative estimate of drug-likeness (QED) is 0.613. The molecule has 1 aliphatic rings. The Bertz CT molecular complexity index is 1010. The third-order valence-corrected chi connectivity index (χ3v) is 5.80. The second-order valence-corrected chi connectivity index (χ2v) is 8.43. The third kappa shape index (κ3) is 5.53. The van der Waals surface area contributed by atoms with Gasteiger partial charge in [0, 0.05) is 6.42 Å². The number of hydrogen-bond donors (Lipinski definition) is 1. The molecule has 0 saturated carbocycles. The molecule has 3 amide bonds. The predicted molar refractivity (Wildman–Crippen MR) is 96.4 cm³/mol. The fourth-order valence-electron chi connectivity index (χ4n) is 2.71. The second-order valence-electron chi connectivity index (χ2n) is 6.32. The van der Waals surface area contributed by atoms with Gasteiger partial charge in [0.25, 0.3) is 6.43 Å². The molecule has 1 aromatic heterocycles. The standard InChI is InChI=1S/C18H18F2N2O6S/c19-16(20)11-27-13-2-1-3-15(8-13)29(25,26)7-6-12-4-5-14(28-12)9-22-10-17(23)21-18(22)24/h1-5,8,16H,6-7,9-11H2,(H,21,23,24). The van der Waals surface area contributed by atoms with Crippen LogP contribution in [0.25, 0.3) is 0 Å². The van der Waals surface area contributed by atoms with Crippen LogP contribution < -0.4 is 10.1 Å². The Morgan fingerprint density at radius 1 is 1.17 bits per heavy atom. The number of carbonyl (C=O) groups excluding carboxylic acids is 2. The summed E-state index contributed by atoms with van der Waals surface area (Å²) in [7, 11) is -3.70. The summed E-state index contributed by atoms with van der Waals surface area (Å²) in [6.07, 6.45) is -2.58. The Labute approximate surface area is 165 Å². The van der Waals surface area contributed by atoms with Crippen LogP contribution in [0.2, 0.25) is 0 Å². The van der Waals surface area contributed by atoms with E-state index < -0.39 is 34.8 Å². The first-order valence-corrected chi connectivity index (χ1v) is 10.3. The van der Waals surface area contributed by atoms with Gasteiger partial charge in [-0.2, -0.15) is 0 Å². The maximum Gasteiger partial charge on any atom is 0.324 e. The number of carbonyl (C=O) groups is 2. The van der Waals surface area contributed by atoms with Crippen molar-refractivity contribution in [3.05, 3.63) is 47.9 Å². The van der Waals surface area contributed by atoms with E-state index in [4.69, 9.17) is 9.15 Å². The zero-order valence-corrected chi connectivity index (χ0v) is 16.0. The van der Waals surface area contributed by atoms with Crippen molar-refractivity contribution in [1.29, 1.82) is 0 Å². The first-order valence-electron chi connectivity index (χ1n) is 8.63. The first kappa shape index (κ1) is 20.8. The molecule has 1 aromatic carbocycles. The number of furan rings is 1. The summed E-state index contributed by atoms with van der Waals surface area (Å²) in [5.41, 5.74) is 0. The Morgan fingerprint density at radius 2 is 1.93 bits per heavy atom. The van der Waals surface area contributed by atoms with Crippen molar-refractivity contribution >= 4 is 21.8 Å². The molecule has 156 valence electrons. The third-order valence-electron chi connectivity index (χ3n) is 4.09. The van der Waals surface area contributed by atoms with Gasteiger partial charge in [0.05, 0.1) is 17.2 Å². The van der Waals surface area contributed by atoms with Gasteiger partial charge < -0.3 is 14.1 Å². The molecule has 1 N–H and O–H groups in total. The van der Waals surface area contributed by atoms with Gasteiger partial charge in [0.1, 0.15) is 30.4 Å². The zero-order chi connectivity index (χ0) is 21.0. The van der Waals surface area contributed by atoms with Crippen LogP contribution in [0.4, 0.5) is 13.6 Å². The number of sulfone groups is 1.